The summed E-state index contributed by atoms with van der Waals surface area (Å²) in [6, 6.07) is 17.3. The van der Waals surface area contributed by atoms with Gasteiger partial charge < -0.3 is 15.2 Å². The van der Waals surface area contributed by atoms with Crippen molar-refractivity contribution in [2.24, 2.45) is 0 Å². The molecule has 2 N–H and O–H groups in total. The predicted octanol–water partition coefficient (Wildman–Crippen LogP) is 4.51. The predicted molar refractivity (Wildman–Crippen MR) is 110 cm³/mol. The van der Waals surface area contributed by atoms with Gasteiger partial charge in [-0.15, -0.1) is 0 Å². The number of carbonyl (C=O) groups excluding carboxylic acids is 1. The Hall–Kier alpha value is -3.19. The molecule has 0 fully saturated rings. The summed E-state index contributed by atoms with van der Waals surface area (Å²) in [5.41, 5.74) is 5.35. The number of carboxylic acids is 1. The van der Waals surface area contributed by atoms with Crippen molar-refractivity contribution in [1.29, 1.82) is 0 Å². The fourth-order valence-electron chi connectivity index (χ4n) is 3.73. The second-order valence-corrected chi connectivity index (χ2v) is 7.83. The van der Waals surface area contributed by atoms with Crippen LogP contribution in [0.3, 0.4) is 0 Å². The van der Waals surface area contributed by atoms with Crippen LogP contribution in [0.5, 0.6) is 0 Å². The number of nitrogens with zero attached hydrogens (tertiary/aromatic N) is 1. The lowest BCUT2D eigenvalue weighted by Crippen LogP contribution is -2.31. The molecule has 0 aliphatic heterocycles. The summed E-state index contributed by atoms with van der Waals surface area (Å²) in [5.74, 6) is -1.04. The maximum Gasteiger partial charge on any atom is 0.407 e. The first-order chi connectivity index (χ1) is 14.0. The Kier molecular flexibility index (Phi) is 5.31. The molecule has 1 aliphatic carbocycles. The Labute approximate surface area is 172 Å². The van der Waals surface area contributed by atoms with Gasteiger partial charge in [0.1, 0.15) is 6.61 Å². The van der Waals surface area contributed by atoms with Gasteiger partial charge in [0, 0.05) is 10.8 Å². The minimum absolute atomic E-state index is 0.0447. The molecule has 1 aromatic heterocycles. The molecule has 0 unspecified atom stereocenters. The summed E-state index contributed by atoms with van der Waals surface area (Å²) >= 11 is 1.18. The Morgan fingerprint density at radius 2 is 1.76 bits per heavy atom. The zero-order valence-electron chi connectivity index (χ0n) is 15.8. The van der Waals surface area contributed by atoms with Crippen LogP contribution in [-0.2, 0) is 9.53 Å². The largest absolute Gasteiger partial charge is 0.481 e. The number of hydrogen-bond acceptors (Lipinski definition) is 5. The number of benzene rings is 2. The van der Waals surface area contributed by atoms with Crippen molar-refractivity contribution in [2.75, 3.05) is 6.61 Å². The van der Waals surface area contributed by atoms with Crippen LogP contribution in [0.25, 0.3) is 11.1 Å². The molecule has 7 heteroatoms. The van der Waals surface area contributed by atoms with Gasteiger partial charge in [0.25, 0.3) is 0 Å². The Balaban J connectivity index is 1.47. The lowest BCUT2D eigenvalue weighted by atomic mass is 9.98. The van der Waals surface area contributed by atoms with Crippen molar-refractivity contribution in [2.45, 2.75) is 25.3 Å². The van der Waals surface area contributed by atoms with E-state index in [4.69, 9.17) is 4.74 Å². The molecule has 148 valence electrons. The second kappa shape index (κ2) is 8.05. The molecular formula is C22H20N2O4S. The van der Waals surface area contributed by atoms with Gasteiger partial charge in [0.2, 0.25) is 0 Å². The van der Waals surface area contributed by atoms with Gasteiger partial charge in [-0.3, -0.25) is 4.79 Å². The minimum Gasteiger partial charge on any atom is -0.481 e. The number of amides is 1. The first-order valence-electron chi connectivity index (χ1n) is 9.29. The number of aromatic nitrogens is 1. The van der Waals surface area contributed by atoms with E-state index in [9.17, 15) is 14.7 Å². The molecule has 0 spiro atoms. The van der Waals surface area contributed by atoms with Gasteiger partial charge >= 0.3 is 12.1 Å². The van der Waals surface area contributed by atoms with Gasteiger partial charge in [0.05, 0.1) is 18.2 Å². The van der Waals surface area contributed by atoms with Crippen LogP contribution in [0, 0.1) is 6.92 Å². The zero-order valence-corrected chi connectivity index (χ0v) is 16.6. The number of fused-ring (bicyclic) bond motifs is 3. The van der Waals surface area contributed by atoms with Crippen LogP contribution in [-0.4, -0.2) is 28.1 Å². The Morgan fingerprint density at radius 1 is 1.14 bits per heavy atom. The van der Waals surface area contributed by atoms with E-state index < -0.39 is 18.1 Å². The highest BCUT2D eigenvalue weighted by atomic mass is 32.1. The highest BCUT2D eigenvalue weighted by Crippen LogP contribution is 2.44. The van der Waals surface area contributed by atoms with Crippen molar-refractivity contribution < 1.29 is 19.4 Å². The average molecular weight is 408 g/mol. The second-order valence-electron chi connectivity index (χ2n) is 6.99. The van der Waals surface area contributed by atoms with Crippen LogP contribution < -0.4 is 5.32 Å². The van der Waals surface area contributed by atoms with E-state index in [-0.39, 0.29) is 18.9 Å². The third-order valence-electron chi connectivity index (χ3n) is 5.00. The normalized spacial score (nSPS) is 13.4. The number of hydrogen-bond donors (Lipinski definition) is 2. The first-order valence-corrected chi connectivity index (χ1v) is 10.1. The number of nitrogens with one attached hydrogen (secondary N) is 1. The molecule has 0 saturated heterocycles. The molecule has 6 nitrogen and oxygen atoms in total. The molecule has 1 amide bonds. The van der Waals surface area contributed by atoms with Crippen LogP contribution in [0.2, 0.25) is 0 Å². The molecule has 0 radical (unpaired) electrons. The van der Waals surface area contributed by atoms with Crippen molar-refractivity contribution in [1.82, 2.24) is 9.69 Å². The van der Waals surface area contributed by atoms with E-state index in [1.807, 2.05) is 31.2 Å². The summed E-state index contributed by atoms with van der Waals surface area (Å²) in [7, 11) is 0. The quantitative estimate of drug-likeness (QED) is 0.627. The Morgan fingerprint density at radius 3 is 2.31 bits per heavy atom. The number of aliphatic carboxylic acids is 1. The maximum absolute atomic E-state index is 12.5. The van der Waals surface area contributed by atoms with Crippen LogP contribution in [0.1, 0.15) is 40.1 Å². The summed E-state index contributed by atoms with van der Waals surface area (Å²) in [4.78, 5) is 24.4. The number of alkyl carbamates (subject to hydrolysis) is 1. The maximum atomic E-state index is 12.5. The third-order valence-corrected chi connectivity index (χ3v) is 6.00. The zero-order chi connectivity index (χ0) is 20.4. The highest BCUT2D eigenvalue weighted by Gasteiger charge is 2.29. The first kappa shape index (κ1) is 19.1. The molecule has 4 rings (SSSR count). The third kappa shape index (κ3) is 4.00. The summed E-state index contributed by atoms with van der Waals surface area (Å²) in [6.07, 6.45) is -0.865. The van der Waals surface area contributed by atoms with Crippen LogP contribution in [0.4, 0.5) is 4.79 Å². The minimum atomic E-state index is -1.000. The van der Waals surface area contributed by atoms with Crippen molar-refractivity contribution >= 4 is 23.6 Å². The van der Waals surface area contributed by atoms with E-state index in [0.717, 1.165) is 27.9 Å². The fraction of sp³-hybridized carbons (Fsp3) is 0.227. The van der Waals surface area contributed by atoms with E-state index in [0.29, 0.717) is 4.88 Å². The van der Waals surface area contributed by atoms with Gasteiger partial charge in [0.15, 0.2) is 0 Å². The van der Waals surface area contributed by atoms with Gasteiger partial charge in [-0.25, -0.2) is 4.79 Å². The highest BCUT2D eigenvalue weighted by molar-refractivity contribution is 7.05. The molecule has 29 heavy (non-hydrogen) atoms. The van der Waals surface area contributed by atoms with Gasteiger partial charge in [-0.2, -0.15) is 4.37 Å². The molecular weight excluding hydrogens is 388 g/mol. The number of rotatable bonds is 6. The molecule has 1 heterocycles. The SMILES string of the molecule is Cc1cc([C@@H](CC(=O)O)NC(=O)OCC2c3ccccc3-c3ccccc32)sn1. The van der Waals surface area contributed by atoms with E-state index >= 15 is 0 Å². The lowest BCUT2D eigenvalue weighted by molar-refractivity contribution is -0.137. The Bertz CT molecular complexity index is 1020. The van der Waals surface area contributed by atoms with E-state index in [2.05, 4.69) is 34.0 Å². The van der Waals surface area contributed by atoms with Crippen LogP contribution in [0.15, 0.2) is 54.6 Å². The van der Waals surface area contributed by atoms with E-state index in [1.165, 1.54) is 11.5 Å². The number of aryl methyl sites for hydroxylation is 1. The molecule has 2 aromatic carbocycles. The molecule has 0 bridgehead atoms. The molecule has 0 saturated carbocycles. The topological polar surface area (TPSA) is 88.5 Å². The summed E-state index contributed by atoms with van der Waals surface area (Å²) < 4.78 is 9.69. The van der Waals surface area contributed by atoms with Crippen LogP contribution >= 0.6 is 11.5 Å². The number of carbonyl (C=O) groups is 2. The lowest BCUT2D eigenvalue weighted by Gasteiger charge is -2.18. The standard InChI is InChI=1S/C22H20N2O4S/c1-13-10-20(29-24-13)19(11-21(25)26)23-22(27)28-12-18-16-8-4-2-6-14(16)15-7-3-5-9-17(15)18/h2-10,18-19H,11-12H2,1H3,(H,23,27)(H,25,26)/t19-/m1/s1. The number of carboxylic acid groups (broad SMARTS) is 1. The molecule has 1 atom stereocenters. The molecule has 3 aromatic rings. The number of ether oxygens (including phenoxy) is 1. The molecule has 1 aliphatic rings. The van der Waals surface area contributed by atoms with Gasteiger partial charge in [-0.1, -0.05) is 48.5 Å². The summed E-state index contributed by atoms with van der Waals surface area (Å²) in [6.45, 7) is 2.01. The van der Waals surface area contributed by atoms with Crippen molar-refractivity contribution in [3.05, 3.63) is 76.3 Å². The fourth-order valence-corrected chi connectivity index (χ4v) is 4.52. The smallest absolute Gasteiger partial charge is 0.407 e. The van der Waals surface area contributed by atoms with E-state index in [1.54, 1.807) is 6.07 Å². The van der Waals surface area contributed by atoms with Crippen molar-refractivity contribution in [3.8, 4) is 11.1 Å². The monoisotopic (exact) mass is 408 g/mol. The van der Waals surface area contributed by atoms with Crippen molar-refractivity contribution in [3.63, 3.8) is 0 Å². The van der Waals surface area contributed by atoms with Gasteiger partial charge in [-0.05, 0) is 46.8 Å². The average Bonchev–Trinajstić information content (AvgIpc) is 3.27. The summed E-state index contributed by atoms with van der Waals surface area (Å²) in [5, 5.41) is 11.9.